The summed E-state index contributed by atoms with van der Waals surface area (Å²) in [7, 11) is 3.16. The fraction of sp³-hybridized carbons (Fsp3) is 0.286. The lowest BCUT2D eigenvalue weighted by Gasteiger charge is -2.10. The van der Waals surface area contributed by atoms with E-state index in [0.717, 1.165) is 5.56 Å². The molecule has 2 rings (SSSR count). The van der Waals surface area contributed by atoms with Crippen molar-refractivity contribution in [3.05, 3.63) is 41.3 Å². The van der Waals surface area contributed by atoms with Crippen LogP contribution in [-0.2, 0) is 6.54 Å². The number of nitrogens with one attached hydrogen (secondary N) is 1. The Kier molecular flexibility index (Phi) is 4.24. The Morgan fingerprint density at radius 2 is 2.10 bits per heavy atom. The van der Waals surface area contributed by atoms with Gasteiger partial charge in [-0.05, 0) is 25.1 Å². The minimum absolute atomic E-state index is 0.254. The number of carbonyl (C=O) groups is 1. The minimum Gasteiger partial charge on any atom is -0.497 e. The number of hydrogen-bond acceptors (Lipinski definition) is 5. The van der Waals surface area contributed by atoms with Gasteiger partial charge in [0, 0.05) is 18.2 Å². The van der Waals surface area contributed by atoms with E-state index in [1.165, 1.54) is 0 Å². The Bertz CT molecular complexity index is 607. The first-order valence-corrected chi connectivity index (χ1v) is 6.06. The molecule has 0 atom stereocenters. The summed E-state index contributed by atoms with van der Waals surface area (Å²) in [6.07, 6.45) is 0. The molecule has 1 aromatic carbocycles. The zero-order chi connectivity index (χ0) is 14.5. The van der Waals surface area contributed by atoms with Gasteiger partial charge in [0.1, 0.15) is 17.3 Å². The van der Waals surface area contributed by atoms with Crippen LogP contribution < -0.4 is 14.8 Å². The molecule has 0 aliphatic heterocycles. The van der Waals surface area contributed by atoms with Gasteiger partial charge in [-0.1, -0.05) is 5.16 Å². The molecule has 0 radical (unpaired) electrons. The lowest BCUT2D eigenvalue weighted by molar-refractivity contribution is 0.0941. The van der Waals surface area contributed by atoms with Crippen molar-refractivity contribution in [3.8, 4) is 11.5 Å². The average Bonchev–Trinajstić information content (AvgIpc) is 2.91. The zero-order valence-electron chi connectivity index (χ0n) is 11.6. The van der Waals surface area contributed by atoms with Gasteiger partial charge in [-0.25, -0.2) is 0 Å². The molecular weight excluding hydrogens is 260 g/mol. The monoisotopic (exact) mass is 276 g/mol. The average molecular weight is 276 g/mol. The van der Waals surface area contributed by atoms with Crippen molar-refractivity contribution in [2.45, 2.75) is 13.5 Å². The minimum atomic E-state index is -0.299. The standard InChI is InChI=1S/C14H16N2O4/c1-9-6-12(16-20-9)14(17)15-8-10-7-11(18-2)4-5-13(10)19-3/h4-7H,8H2,1-3H3,(H,15,17). The van der Waals surface area contributed by atoms with Crippen LogP contribution in [0.15, 0.2) is 28.8 Å². The zero-order valence-corrected chi connectivity index (χ0v) is 11.6. The van der Waals surface area contributed by atoms with Gasteiger partial charge in [-0.15, -0.1) is 0 Å². The smallest absolute Gasteiger partial charge is 0.273 e. The van der Waals surface area contributed by atoms with Gasteiger partial charge in [0.25, 0.3) is 5.91 Å². The summed E-state index contributed by atoms with van der Waals surface area (Å²) >= 11 is 0. The highest BCUT2D eigenvalue weighted by Crippen LogP contribution is 2.23. The number of benzene rings is 1. The molecule has 0 aliphatic rings. The molecule has 1 N–H and O–H groups in total. The van der Waals surface area contributed by atoms with E-state index in [-0.39, 0.29) is 11.6 Å². The van der Waals surface area contributed by atoms with E-state index in [1.807, 2.05) is 6.07 Å². The predicted octanol–water partition coefficient (Wildman–Crippen LogP) is 1.93. The summed E-state index contributed by atoms with van der Waals surface area (Å²) in [6, 6.07) is 6.98. The van der Waals surface area contributed by atoms with E-state index in [0.29, 0.717) is 23.8 Å². The van der Waals surface area contributed by atoms with Crippen molar-refractivity contribution < 1.29 is 18.8 Å². The molecule has 0 saturated carbocycles. The third-order valence-electron chi connectivity index (χ3n) is 2.79. The second-order valence-corrected chi connectivity index (χ2v) is 4.18. The summed E-state index contributed by atoms with van der Waals surface area (Å²) in [4.78, 5) is 11.9. The molecule has 0 saturated heterocycles. The molecule has 1 heterocycles. The van der Waals surface area contributed by atoms with Crippen molar-refractivity contribution >= 4 is 5.91 Å². The molecule has 1 amide bonds. The van der Waals surface area contributed by atoms with Crippen LogP contribution in [0.4, 0.5) is 0 Å². The third kappa shape index (κ3) is 3.09. The van der Waals surface area contributed by atoms with E-state index in [9.17, 15) is 4.79 Å². The normalized spacial score (nSPS) is 10.2. The molecule has 0 fully saturated rings. The number of aromatic nitrogens is 1. The van der Waals surface area contributed by atoms with Gasteiger partial charge >= 0.3 is 0 Å². The molecule has 0 spiro atoms. The Hall–Kier alpha value is -2.50. The fourth-order valence-electron chi connectivity index (χ4n) is 1.76. The Labute approximate surface area is 116 Å². The molecule has 20 heavy (non-hydrogen) atoms. The quantitative estimate of drug-likeness (QED) is 0.903. The molecule has 6 heteroatoms. The lowest BCUT2D eigenvalue weighted by atomic mass is 10.2. The molecule has 0 aliphatic carbocycles. The Morgan fingerprint density at radius 3 is 2.70 bits per heavy atom. The second kappa shape index (κ2) is 6.10. The van der Waals surface area contributed by atoms with E-state index in [4.69, 9.17) is 14.0 Å². The van der Waals surface area contributed by atoms with Gasteiger partial charge in [0.05, 0.1) is 14.2 Å². The summed E-state index contributed by atoms with van der Waals surface area (Å²) in [5.74, 6) is 1.68. The second-order valence-electron chi connectivity index (χ2n) is 4.18. The van der Waals surface area contributed by atoms with E-state index < -0.39 is 0 Å². The van der Waals surface area contributed by atoms with Crippen molar-refractivity contribution in [2.75, 3.05) is 14.2 Å². The number of methoxy groups -OCH3 is 2. The maximum atomic E-state index is 11.9. The Morgan fingerprint density at radius 1 is 1.30 bits per heavy atom. The molecule has 0 bridgehead atoms. The van der Waals surface area contributed by atoms with Crippen LogP contribution in [-0.4, -0.2) is 25.3 Å². The van der Waals surface area contributed by atoms with Crippen molar-refractivity contribution in [1.82, 2.24) is 10.5 Å². The third-order valence-corrected chi connectivity index (χ3v) is 2.79. The largest absolute Gasteiger partial charge is 0.497 e. The van der Waals surface area contributed by atoms with Gasteiger partial charge in [-0.2, -0.15) is 0 Å². The van der Waals surface area contributed by atoms with E-state index in [2.05, 4.69) is 10.5 Å². The Balaban J connectivity index is 2.08. The highest BCUT2D eigenvalue weighted by atomic mass is 16.5. The fourth-order valence-corrected chi connectivity index (χ4v) is 1.76. The van der Waals surface area contributed by atoms with Crippen LogP contribution in [0.2, 0.25) is 0 Å². The van der Waals surface area contributed by atoms with Gasteiger partial charge in [0.2, 0.25) is 0 Å². The van der Waals surface area contributed by atoms with Crippen molar-refractivity contribution in [2.24, 2.45) is 0 Å². The molecule has 0 unspecified atom stereocenters. The first kappa shape index (κ1) is 13.9. The maximum Gasteiger partial charge on any atom is 0.273 e. The number of rotatable bonds is 5. The molecule has 1 aromatic heterocycles. The topological polar surface area (TPSA) is 73.6 Å². The van der Waals surface area contributed by atoms with E-state index >= 15 is 0 Å². The summed E-state index contributed by atoms with van der Waals surface area (Å²) < 4.78 is 15.3. The lowest BCUT2D eigenvalue weighted by Crippen LogP contribution is -2.23. The van der Waals surface area contributed by atoms with Gasteiger partial charge in [0.15, 0.2) is 5.69 Å². The number of carbonyl (C=O) groups excluding carboxylic acids is 1. The molecule has 2 aromatic rings. The van der Waals surface area contributed by atoms with Crippen LogP contribution in [0.1, 0.15) is 21.8 Å². The van der Waals surface area contributed by atoms with Gasteiger partial charge < -0.3 is 19.3 Å². The number of amides is 1. The maximum absolute atomic E-state index is 11.9. The number of nitrogens with zero attached hydrogens (tertiary/aromatic N) is 1. The number of ether oxygens (including phenoxy) is 2. The SMILES string of the molecule is COc1ccc(OC)c(CNC(=O)c2cc(C)on2)c1. The molecule has 6 nitrogen and oxygen atoms in total. The van der Waals surface area contributed by atoms with Crippen LogP contribution in [0, 0.1) is 6.92 Å². The van der Waals surface area contributed by atoms with Crippen LogP contribution >= 0.6 is 0 Å². The summed E-state index contributed by atoms with van der Waals surface area (Å²) in [6.45, 7) is 2.04. The molecule has 106 valence electrons. The summed E-state index contributed by atoms with van der Waals surface area (Å²) in [5, 5.41) is 6.42. The highest BCUT2D eigenvalue weighted by Gasteiger charge is 2.12. The van der Waals surface area contributed by atoms with Gasteiger partial charge in [-0.3, -0.25) is 4.79 Å². The first-order valence-electron chi connectivity index (χ1n) is 6.06. The number of aryl methyl sites for hydroxylation is 1. The first-order chi connectivity index (χ1) is 9.63. The predicted molar refractivity (Wildman–Crippen MR) is 72.0 cm³/mol. The highest BCUT2D eigenvalue weighted by molar-refractivity contribution is 5.92. The van der Waals surface area contributed by atoms with E-state index in [1.54, 1.807) is 39.3 Å². The van der Waals surface area contributed by atoms with Crippen LogP contribution in [0.3, 0.4) is 0 Å². The molecular formula is C14H16N2O4. The van der Waals surface area contributed by atoms with Crippen molar-refractivity contribution in [3.63, 3.8) is 0 Å². The van der Waals surface area contributed by atoms with Crippen LogP contribution in [0.25, 0.3) is 0 Å². The number of hydrogen-bond donors (Lipinski definition) is 1. The van der Waals surface area contributed by atoms with Crippen LogP contribution in [0.5, 0.6) is 11.5 Å². The van der Waals surface area contributed by atoms with Crippen molar-refractivity contribution in [1.29, 1.82) is 0 Å². The summed E-state index contributed by atoms with van der Waals surface area (Å²) in [5.41, 5.74) is 1.07.